The van der Waals surface area contributed by atoms with Gasteiger partial charge in [-0.3, -0.25) is 4.99 Å². The Morgan fingerprint density at radius 2 is 1.95 bits per heavy atom. The summed E-state index contributed by atoms with van der Waals surface area (Å²) in [5.74, 6) is 0.925. The summed E-state index contributed by atoms with van der Waals surface area (Å²) in [6.45, 7) is 9.44. The van der Waals surface area contributed by atoms with Crippen molar-refractivity contribution < 1.29 is 4.74 Å². The Morgan fingerprint density at radius 3 is 2.59 bits per heavy atom. The van der Waals surface area contributed by atoms with Crippen LogP contribution in [0.15, 0.2) is 4.99 Å². The largest absolute Gasteiger partial charge is 0.382 e. The smallest absolute Gasteiger partial charge is 0.191 e. The van der Waals surface area contributed by atoms with Crippen molar-refractivity contribution in [3.05, 3.63) is 0 Å². The third kappa shape index (κ3) is 9.84. The standard InChI is InChI=1S/C16H34N4O.HI/c1-4-17-16(18-11-8-14-21-5-2)19-12-13-20(3)15-9-6-7-10-15;/h15H,4-14H2,1-3H3,(H2,17,18,19);1H. The number of rotatable bonds is 10. The summed E-state index contributed by atoms with van der Waals surface area (Å²) in [5.41, 5.74) is 0. The highest BCUT2D eigenvalue weighted by Gasteiger charge is 2.18. The van der Waals surface area contributed by atoms with E-state index in [1.165, 1.54) is 25.7 Å². The predicted molar refractivity (Wildman–Crippen MR) is 105 cm³/mol. The van der Waals surface area contributed by atoms with Gasteiger partial charge in [0.2, 0.25) is 0 Å². The maximum atomic E-state index is 5.33. The van der Waals surface area contributed by atoms with Crippen molar-refractivity contribution in [2.45, 2.75) is 52.0 Å². The van der Waals surface area contributed by atoms with Gasteiger partial charge in [-0.15, -0.1) is 24.0 Å². The summed E-state index contributed by atoms with van der Waals surface area (Å²) >= 11 is 0. The first-order valence-corrected chi connectivity index (χ1v) is 8.58. The molecule has 0 amide bonds. The number of halogens is 1. The second-order valence-corrected chi connectivity index (χ2v) is 5.66. The molecule has 0 spiro atoms. The summed E-state index contributed by atoms with van der Waals surface area (Å²) in [4.78, 5) is 7.06. The number of likely N-dealkylation sites (N-methyl/N-ethyl adjacent to an activating group) is 1. The molecule has 1 rings (SSSR count). The van der Waals surface area contributed by atoms with Crippen LogP contribution < -0.4 is 10.6 Å². The van der Waals surface area contributed by atoms with Gasteiger partial charge in [0.15, 0.2) is 5.96 Å². The Hall–Kier alpha value is -0.0800. The fourth-order valence-electron chi connectivity index (χ4n) is 2.72. The highest BCUT2D eigenvalue weighted by molar-refractivity contribution is 14.0. The first kappa shape index (κ1) is 21.9. The Balaban J connectivity index is 0.00000441. The van der Waals surface area contributed by atoms with Crippen molar-refractivity contribution in [3.63, 3.8) is 0 Å². The molecule has 0 aromatic carbocycles. The fraction of sp³-hybridized carbons (Fsp3) is 0.938. The van der Waals surface area contributed by atoms with Crippen LogP contribution in [0.2, 0.25) is 0 Å². The molecule has 0 atom stereocenters. The van der Waals surface area contributed by atoms with E-state index in [2.05, 4.69) is 34.5 Å². The molecule has 0 heterocycles. The monoisotopic (exact) mass is 426 g/mol. The van der Waals surface area contributed by atoms with E-state index >= 15 is 0 Å². The zero-order chi connectivity index (χ0) is 15.3. The van der Waals surface area contributed by atoms with Crippen molar-refractivity contribution in [2.24, 2.45) is 4.99 Å². The molecule has 1 fully saturated rings. The van der Waals surface area contributed by atoms with Crippen LogP contribution in [-0.4, -0.2) is 63.3 Å². The number of guanidine groups is 1. The van der Waals surface area contributed by atoms with Gasteiger partial charge < -0.3 is 20.3 Å². The molecule has 0 aromatic heterocycles. The van der Waals surface area contributed by atoms with Crippen molar-refractivity contribution in [3.8, 4) is 0 Å². The van der Waals surface area contributed by atoms with Crippen LogP contribution in [0.5, 0.6) is 0 Å². The third-order valence-electron chi connectivity index (χ3n) is 3.97. The summed E-state index contributed by atoms with van der Waals surface area (Å²) < 4.78 is 5.33. The van der Waals surface area contributed by atoms with Crippen LogP contribution in [0.4, 0.5) is 0 Å². The Bertz CT molecular complexity index is 283. The Labute approximate surface area is 153 Å². The lowest BCUT2D eigenvalue weighted by Crippen LogP contribution is -2.42. The number of ether oxygens (including phenoxy) is 1. The molecule has 1 saturated carbocycles. The average molecular weight is 426 g/mol. The van der Waals surface area contributed by atoms with Crippen molar-refractivity contribution >= 4 is 29.9 Å². The summed E-state index contributed by atoms with van der Waals surface area (Å²) in [5, 5.41) is 6.72. The lowest BCUT2D eigenvalue weighted by atomic mass is 10.2. The lowest BCUT2D eigenvalue weighted by molar-refractivity contribution is 0.146. The minimum atomic E-state index is 0. The molecule has 0 aromatic rings. The first-order chi connectivity index (χ1) is 10.3. The molecular formula is C16H35IN4O. The van der Waals surface area contributed by atoms with Crippen molar-refractivity contribution in [1.29, 1.82) is 0 Å². The van der Waals surface area contributed by atoms with Crippen molar-refractivity contribution in [1.82, 2.24) is 15.5 Å². The van der Waals surface area contributed by atoms with Gasteiger partial charge in [0.25, 0.3) is 0 Å². The number of nitrogens with zero attached hydrogens (tertiary/aromatic N) is 2. The number of hydrogen-bond donors (Lipinski definition) is 2. The van der Waals surface area contributed by atoms with Gasteiger partial charge in [-0.05, 0) is 40.2 Å². The van der Waals surface area contributed by atoms with Gasteiger partial charge in [0.05, 0.1) is 0 Å². The van der Waals surface area contributed by atoms with Gasteiger partial charge >= 0.3 is 0 Å². The molecule has 6 heteroatoms. The van der Waals surface area contributed by atoms with Gasteiger partial charge in [0, 0.05) is 45.4 Å². The number of aliphatic imine (C=N–C) groups is 1. The highest BCUT2D eigenvalue weighted by Crippen LogP contribution is 2.21. The van der Waals surface area contributed by atoms with E-state index < -0.39 is 0 Å². The topological polar surface area (TPSA) is 48.9 Å². The van der Waals surface area contributed by atoms with Gasteiger partial charge in [-0.1, -0.05) is 12.8 Å². The van der Waals surface area contributed by atoms with Crippen LogP contribution >= 0.6 is 24.0 Å². The molecule has 0 bridgehead atoms. The van der Waals surface area contributed by atoms with Crippen LogP contribution in [0.3, 0.4) is 0 Å². The molecule has 0 aliphatic heterocycles. The molecule has 132 valence electrons. The molecule has 1 aliphatic rings. The first-order valence-electron chi connectivity index (χ1n) is 8.58. The SMILES string of the molecule is CCNC(=NCCCOCC)NCCN(C)C1CCCC1.I. The number of hydrogen-bond acceptors (Lipinski definition) is 3. The summed E-state index contributed by atoms with van der Waals surface area (Å²) in [7, 11) is 2.24. The predicted octanol–water partition coefficient (Wildman–Crippen LogP) is 2.46. The van der Waals surface area contributed by atoms with E-state index in [0.717, 1.165) is 57.8 Å². The molecule has 5 nitrogen and oxygen atoms in total. The minimum Gasteiger partial charge on any atom is -0.382 e. The maximum absolute atomic E-state index is 5.33. The van der Waals surface area contributed by atoms with Crippen LogP contribution in [0.25, 0.3) is 0 Å². The molecule has 0 saturated heterocycles. The van der Waals surface area contributed by atoms with Gasteiger partial charge in [0.1, 0.15) is 0 Å². The van der Waals surface area contributed by atoms with Crippen molar-refractivity contribution in [2.75, 3.05) is 46.4 Å². The van der Waals surface area contributed by atoms with E-state index in [9.17, 15) is 0 Å². The van der Waals surface area contributed by atoms with Gasteiger partial charge in [-0.2, -0.15) is 0 Å². The fourth-order valence-corrected chi connectivity index (χ4v) is 2.72. The van der Waals surface area contributed by atoms with E-state index in [1.54, 1.807) is 0 Å². The Kier molecular flexibility index (Phi) is 14.5. The molecular weight excluding hydrogens is 391 g/mol. The third-order valence-corrected chi connectivity index (χ3v) is 3.97. The normalized spacial score (nSPS) is 15.9. The van der Waals surface area contributed by atoms with E-state index in [-0.39, 0.29) is 24.0 Å². The molecule has 22 heavy (non-hydrogen) atoms. The van der Waals surface area contributed by atoms with Gasteiger partial charge in [-0.25, -0.2) is 0 Å². The summed E-state index contributed by atoms with van der Waals surface area (Å²) in [6, 6.07) is 0.789. The Morgan fingerprint density at radius 1 is 1.23 bits per heavy atom. The molecule has 0 unspecified atom stereocenters. The molecule has 2 N–H and O–H groups in total. The quantitative estimate of drug-likeness (QED) is 0.244. The lowest BCUT2D eigenvalue weighted by Gasteiger charge is -2.24. The molecule has 1 aliphatic carbocycles. The number of nitrogens with one attached hydrogen (secondary N) is 2. The highest BCUT2D eigenvalue weighted by atomic mass is 127. The van der Waals surface area contributed by atoms with E-state index in [0.29, 0.717) is 0 Å². The maximum Gasteiger partial charge on any atom is 0.191 e. The second-order valence-electron chi connectivity index (χ2n) is 5.66. The average Bonchev–Trinajstić information content (AvgIpc) is 3.01. The molecule has 0 radical (unpaired) electrons. The van der Waals surface area contributed by atoms with Crippen LogP contribution in [-0.2, 0) is 4.74 Å². The second kappa shape index (κ2) is 14.5. The van der Waals surface area contributed by atoms with Crippen LogP contribution in [0, 0.1) is 0 Å². The van der Waals surface area contributed by atoms with E-state index in [4.69, 9.17) is 4.74 Å². The minimum absolute atomic E-state index is 0. The zero-order valence-corrected chi connectivity index (χ0v) is 16.9. The summed E-state index contributed by atoms with van der Waals surface area (Å²) in [6.07, 6.45) is 6.50. The van der Waals surface area contributed by atoms with E-state index in [1.807, 2.05) is 6.92 Å². The van der Waals surface area contributed by atoms with Crippen LogP contribution in [0.1, 0.15) is 46.0 Å². The zero-order valence-electron chi connectivity index (χ0n) is 14.6.